The van der Waals surface area contributed by atoms with Gasteiger partial charge in [-0.15, -0.1) is 0 Å². The Morgan fingerprint density at radius 2 is 1.71 bits per heavy atom. The van der Waals surface area contributed by atoms with Gasteiger partial charge in [-0.3, -0.25) is 0 Å². The van der Waals surface area contributed by atoms with Crippen LogP contribution in [0.4, 0.5) is 0 Å². The molecule has 1 fully saturated rings. The van der Waals surface area contributed by atoms with Crippen molar-refractivity contribution in [3.8, 4) is 0 Å². The fraction of sp³-hybridized carbons (Fsp3) is 1.00. The Morgan fingerprint density at radius 3 is 2.00 bits per heavy atom. The Labute approximate surface area is 55.2 Å². The fourth-order valence-corrected chi connectivity index (χ4v) is 2.12. The summed E-state index contributed by atoms with van der Waals surface area (Å²) in [5.41, 5.74) is 0. The number of hydrogen-bond acceptors (Lipinski definition) is 0. The Balaban J connectivity index is 0.000000490. The molecular formula is C6H15Al. The van der Waals surface area contributed by atoms with E-state index >= 15 is 0 Å². The van der Waals surface area contributed by atoms with E-state index in [-0.39, 0.29) is 1.43 Å². The van der Waals surface area contributed by atoms with Gasteiger partial charge in [0.1, 0.15) is 0 Å². The third-order valence-electron chi connectivity index (χ3n) is 1.89. The maximum Gasteiger partial charge on any atom is 0.216 e. The molecule has 0 bridgehead atoms. The zero-order valence-electron chi connectivity index (χ0n) is 5.11. The highest BCUT2D eigenvalue weighted by atomic mass is 27.0. The first-order valence-electron chi connectivity index (χ1n) is 3.39. The molecule has 0 atom stereocenters. The summed E-state index contributed by atoms with van der Waals surface area (Å²) in [5.74, 6) is 0. The van der Waals surface area contributed by atoms with E-state index in [9.17, 15) is 0 Å². The molecule has 0 saturated heterocycles. The van der Waals surface area contributed by atoms with Crippen molar-refractivity contribution in [3.05, 3.63) is 0 Å². The topological polar surface area (TPSA) is 0 Å². The molecule has 7 heavy (non-hydrogen) atoms. The van der Waals surface area contributed by atoms with Crippen LogP contribution in [-0.2, 0) is 0 Å². The summed E-state index contributed by atoms with van der Waals surface area (Å²) < 4.78 is 1.17. The van der Waals surface area contributed by atoms with Crippen molar-refractivity contribution in [2.45, 2.75) is 36.9 Å². The van der Waals surface area contributed by atoms with Crippen LogP contribution in [0.1, 0.15) is 33.5 Å². The van der Waals surface area contributed by atoms with E-state index in [1.54, 1.807) is 12.8 Å². The fourth-order valence-electron chi connectivity index (χ4n) is 1.31. The highest BCUT2D eigenvalue weighted by Gasteiger charge is 2.06. The summed E-state index contributed by atoms with van der Waals surface area (Å²) >= 11 is 1.45. The second-order valence-corrected chi connectivity index (χ2v) is 4.38. The lowest BCUT2D eigenvalue weighted by atomic mass is 10.0. The van der Waals surface area contributed by atoms with Crippen LogP contribution in [0.3, 0.4) is 0 Å². The average molecular weight is 114 g/mol. The van der Waals surface area contributed by atoms with Crippen LogP contribution in [0.2, 0.25) is 4.78 Å². The minimum absolute atomic E-state index is 0. The number of hydrogen-bond donors (Lipinski definition) is 0. The van der Waals surface area contributed by atoms with Crippen molar-refractivity contribution in [2.24, 2.45) is 0 Å². The van der Waals surface area contributed by atoms with Crippen LogP contribution >= 0.6 is 0 Å². The van der Waals surface area contributed by atoms with Crippen molar-refractivity contribution >= 4 is 16.3 Å². The predicted molar refractivity (Wildman–Crippen MR) is 37.5 cm³/mol. The summed E-state index contributed by atoms with van der Waals surface area (Å²) in [6.07, 6.45) is 7.65. The molecule has 1 saturated carbocycles. The second-order valence-electron chi connectivity index (χ2n) is 2.74. The van der Waals surface area contributed by atoms with Crippen LogP contribution in [-0.4, -0.2) is 16.3 Å². The molecule has 1 rings (SSSR count). The van der Waals surface area contributed by atoms with Gasteiger partial charge in [-0.2, -0.15) is 0 Å². The predicted octanol–water partition coefficient (Wildman–Crippen LogP) is 1.62. The maximum atomic E-state index is 1.55. The third kappa shape index (κ3) is 1.84. The average Bonchev–Trinajstić information content (AvgIpc) is 1.69. The van der Waals surface area contributed by atoms with E-state index in [4.69, 9.17) is 0 Å². The lowest BCUT2D eigenvalue weighted by molar-refractivity contribution is 0.504. The molecule has 1 aliphatic rings. The lowest BCUT2D eigenvalue weighted by Gasteiger charge is -2.15. The standard InChI is InChI=1S/C6H11.Al.H2.2H/c1-2-4-6-5-3-1;;;;/h1H,2-6H2;;1H;;. The Bertz CT molecular complexity index is 50.5. The van der Waals surface area contributed by atoms with Gasteiger partial charge in [0.15, 0.2) is 0 Å². The van der Waals surface area contributed by atoms with Crippen molar-refractivity contribution in [1.29, 1.82) is 0 Å². The minimum Gasteiger partial charge on any atom is -0.0901 e. The zero-order valence-corrected chi connectivity index (χ0v) is 7.11. The van der Waals surface area contributed by atoms with Gasteiger partial charge in [-0.05, 0) is 0 Å². The summed E-state index contributed by atoms with van der Waals surface area (Å²) in [7, 11) is 0. The molecule has 0 nitrogen and oxygen atoms in total. The van der Waals surface area contributed by atoms with Gasteiger partial charge in [0, 0.05) is 1.43 Å². The van der Waals surface area contributed by atoms with Crippen molar-refractivity contribution < 1.29 is 1.43 Å². The van der Waals surface area contributed by atoms with E-state index in [0.29, 0.717) is 0 Å². The molecule has 0 unspecified atom stereocenters. The van der Waals surface area contributed by atoms with Crippen molar-refractivity contribution in [2.75, 3.05) is 0 Å². The monoisotopic (exact) mass is 114 g/mol. The minimum atomic E-state index is 0. The largest absolute Gasteiger partial charge is 0.216 e. The van der Waals surface area contributed by atoms with Gasteiger partial charge >= 0.3 is 0 Å². The van der Waals surface area contributed by atoms with Gasteiger partial charge in [0.25, 0.3) is 0 Å². The van der Waals surface area contributed by atoms with Gasteiger partial charge in [-0.25, -0.2) is 0 Å². The van der Waals surface area contributed by atoms with Crippen molar-refractivity contribution in [1.82, 2.24) is 0 Å². The zero-order chi connectivity index (χ0) is 5.11. The lowest BCUT2D eigenvalue weighted by Crippen LogP contribution is -1.98. The highest BCUT2D eigenvalue weighted by Crippen LogP contribution is 2.24. The summed E-state index contributed by atoms with van der Waals surface area (Å²) in [5, 5.41) is 0. The van der Waals surface area contributed by atoms with Crippen LogP contribution in [0.5, 0.6) is 0 Å². The molecule has 0 radical (unpaired) electrons. The normalized spacial score (nSPS) is 25.1. The molecule has 0 aromatic heterocycles. The van der Waals surface area contributed by atoms with Crippen LogP contribution < -0.4 is 0 Å². The van der Waals surface area contributed by atoms with Gasteiger partial charge in [0.05, 0.1) is 0 Å². The molecular weight excluding hydrogens is 99.0 g/mol. The Hall–Kier alpha value is 0.532. The van der Waals surface area contributed by atoms with Crippen molar-refractivity contribution in [3.63, 3.8) is 0 Å². The second kappa shape index (κ2) is 2.75. The van der Waals surface area contributed by atoms with E-state index in [2.05, 4.69) is 0 Å². The van der Waals surface area contributed by atoms with E-state index < -0.39 is 0 Å². The van der Waals surface area contributed by atoms with Gasteiger partial charge in [0.2, 0.25) is 16.3 Å². The molecule has 0 N–H and O–H groups in total. The molecule has 0 amide bonds. The molecule has 0 aromatic carbocycles. The molecule has 1 aliphatic carbocycles. The summed E-state index contributed by atoms with van der Waals surface area (Å²) in [6.45, 7) is 0. The van der Waals surface area contributed by atoms with E-state index in [1.165, 1.54) is 40.3 Å². The SMILES string of the molecule is [AlH2][CH]1CCCCC1.[HH]. The third-order valence-corrected chi connectivity index (χ3v) is 3.05. The number of rotatable bonds is 0. The van der Waals surface area contributed by atoms with Gasteiger partial charge in [-0.1, -0.05) is 36.9 Å². The van der Waals surface area contributed by atoms with Crippen LogP contribution in [0, 0.1) is 0 Å². The van der Waals surface area contributed by atoms with E-state index in [1.807, 2.05) is 0 Å². The molecule has 1 heteroatoms. The van der Waals surface area contributed by atoms with Crippen LogP contribution in [0.15, 0.2) is 0 Å². The molecule has 0 heterocycles. The first-order valence-corrected chi connectivity index (χ1v) is 4.55. The summed E-state index contributed by atoms with van der Waals surface area (Å²) in [4.78, 5) is 0. The molecule has 0 aromatic rings. The molecule has 0 aliphatic heterocycles. The molecule has 0 spiro atoms. The highest BCUT2D eigenvalue weighted by molar-refractivity contribution is 6.11. The molecule has 42 valence electrons. The van der Waals surface area contributed by atoms with E-state index in [0.717, 1.165) is 0 Å². The maximum absolute atomic E-state index is 1.55. The first-order chi connectivity index (χ1) is 3.39. The quantitative estimate of drug-likeness (QED) is 0.420. The Morgan fingerprint density at radius 1 is 1.14 bits per heavy atom. The first kappa shape index (κ1) is 5.67. The van der Waals surface area contributed by atoms with Crippen LogP contribution in [0.25, 0.3) is 0 Å². The summed E-state index contributed by atoms with van der Waals surface area (Å²) in [6, 6.07) is 0. The van der Waals surface area contributed by atoms with Gasteiger partial charge < -0.3 is 0 Å². The Kier molecular flexibility index (Phi) is 2.22. The smallest absolute Gasteiger partial charge is 0.0901 e.